The molecule has 2 aromatic carbocycles. The van der Waals surface area contributed by atoms with Crippen molar-refractivity contribution in [1.29, 1.82) is 0 Å². The molecule has 0 atom stereocenters. The zero-order valence-electron chi connectivity index (χ0n) is 9.58. The van der Waals surface area contributed by atoms with Crippen LogP contribution in [0.1, 0.15) is 15.9 Å². The Balaban J connectivity index is 2.69. The van der Waals surface area contributed by atoms with Gasteiger partial charge in [-0.2, -0.15) is 0 Å². The average molecular weight is 309 g/mol. The van der Waals surface area contributed by atoms with Crippen molar-refractivity contribution in [3.63, 3.8) is 0 Å². The van der Waals surface area contributed by atoms with Crippen LogP contribution in [0.25, 0.3) is 11.1 Å². The summed E-state index contributed by atoms with van der Waals surface area (Å²) in [6.45, 7) is 1.68. The predicted molar refractivity (Wildman–Crippen MR) is 71.2 cm³/mol. The van der Waals surface area contributed by atoms with E-state index in [-0.39, 0.29) is 11.4 Å². The number of rotatable bonds is 2. The van der Waals surface area contributed by atoms with E-state index in [1.54, 1.807) is 37.3 Å². The Morgan fingerprint density at radius 2 is 1.78 bits per heavy atom. The van der Waals surface area contributed by atoms with Gasteiger partial charge in [0.05, 0.1) is 10.0 Å². The van der Waals surface area contributed by atoms with E-state index >= 15 is 0 Å². The van der Waals surface area contributed by atoms with Crippen LogP contribution in [0.4, 0.5) is 4.39 Å². The van der Waals surface area contributed by atoms with Crippen LogP contribution in [0.2, 0.25) is 0 Å². The smallest absolute Gasteiger partial charge is 0.335 e. The maximum atomic E-state index is 14.0. The second-order valence-electron chi connectivity index (χ2n) is 3.88. The second kappa shape index (κ2) is 4.90. The standard InChI is InChI=1S/C14H10BrFO2/c1-8-9(4-2-5-10(8)14(17)18)11-6-3-7-12(15)13(11)16/h2-7H,1H3,(H,17,18). The lowest BCUT2D eigenvalue weighted by atomic mass is 9.96. The molecule has 0 radical (unpaired) electrons. The first-order valence-corrected chi connectivity index (χ1v) is 6.09. The number of aromatic carboxylic acids is 1. The van der Waals surface area contributed by atoms with Crippen LogP contribution in [-0.4, -0.2) is 11.1 Å². The maximum absolute atomic E-state index is 14.0. The molecule has 0 bridgehead atoms. The van der Waals surface area contributed by atoms with Crippen LogP contribution in [0.15, 0.2) is 40.9 Å². The number of halogens is 2. The highest BCUT2D eigenvalue weighted by atomic mass is 79.9. The summed E-state index contributed by atoms with van der Waals surface area (Å²) >= 11 is 3.12. The molecule has 4 heteroatoms. The van der Waals surface area contributed by atoms with Crippen molar-refractivity contribution >= 4 is 21.9 Å². The second-order valence-corrected chi connectivity index (χ2v) is 4.74. The molecule has 0 aliphatic carbocycles. The minimum Gasteiger partial charge on any atom is -0.478 e. The molecule has 2 rings (SSSR count). The van der Waals surface area contributed by atoms with Gasteiger partial charge in [-0.15, -0.1) is 0 Å². The number of benzene rings is 2. The molecule has 0 aliphatic heterocycles. The van der Waals surface area contributed by atoms with Crippen LogP contribution in [0, 0.1) is 12.7 Å². The molecule has 0 saturated carbocycles. The first-order valence-electron chi connectivity index (χ1n) is 5.29. The van der Waals surface area contributed by atoms with Crippen LogP contribution in [0.5, 0.6) is 0 Å². The average Bonchev–Trinajstić information content (AvgIpc) is 2.33. The summed E-state index contributed by atoms with van der Waals surface area (Å²) in [4.78, 5) is 11.1. The van der Waals surface area contributed by atoms with E-state index in [9.17, 15) is 9.18 Å². The fraction of sp³-hybridized carbons (Fsp3) is 0.0714. The van der Waals surface area contributed by atoms with Crippen molar-refractivity contribution in [3.8, 4) is 11.1 Å². The van der Waals surface area contributed by atoms with Crippen LogP contribution >= 0.6 is 15.9 Å². The van der Waals surface area contributed by atoms with E-state index in [2.05, 4.69) is 15.9 Å². The van der Waals surface area contributed by atoms with E-state index in [1.807, 2.05) is 0 Å². The van der Waals surface area contributed by atoms with Gasteiger partial charge in [-0.25, -0.2) is 9.18 Å². The van der Waals surface area contributed by atoms with E-state index in [0.717, 1.165) is 0 Å². The summed E-state index contributed by atoms with van der Waals surface area (Å²) in [7, 11) is 0. The van der Waals surface area contributed by atoms with E-state index < -0.39 is 5.97 Å². The molecular weight excluding hydrogens is 299 g/mol. The SMILES string of the molecule is Cc1c(C(=O)O)cccc1-c1cccc(Br)c1F. The van der Waals surface area contributed by atoms with Gasteiger partial charge in [0.1, 0.15) is 5.82 Å². The van der Waals surface area contributed by atoms with Crippen LogP contribution in [-0.2, 0) is 0 Å². The summed E-state index contributed by atoms with van der Waals surface area (Å²) in [6.07, 6.45) is 0. The van der Waals surface area contributed by atoms with Crippen molar-refractivity contribution in [1.82, 2.24) is 0 Å². The lowest BCUT2D eigenvalue weighted by molar-refractivity contribution is 0.0696. The van der Waals surface area contributed by atoms with Crippen molar-refractivity contribution in [2.75, 3.05) is 0 Å². The topological polar surface area (TPSA) is 37.3 Å². The number of hydrogen-bond donors (Lipinski definition) is 1. The molecule has 0 aliphatic rings. The molecule has 0 spiro atoms. The Morgan fingerprint density at radius 3 is 2.44 bits per heavy atom. The molecular formula is C14H10BrFO2. The number of carbonyl (C=O) groups is 1. The monoisotopic (exact) mass is 308 g/mol. The van der Waals surface area contributed by atoms with E-state index in [0.29, 0.717) is 21.2 Å². The molecule has 0 fully saturated rings. The summed E-state index contributed by atoms with van der Waals surface area (Å²) in [5, 5.41) is 9.06. The largest absolute Gasteiger partial charge is 0.478 e. The van der Waals surface area contributed by atoms with E-state index in [1.165, 1.54) is 6.07 Å². The number of carboxylic acids is 1. The lowest BCUT2D eigenvalue weighted by Crippen LogP contribution is -2.01. The Labute approximate surface area is 112 Å². The van der Waals surface area contributed by atoms with Crippen molar-refractivity contribution < 1.29 is 14.3 Å². The van der Waals surface area contributed by atoms with Gasteiger partial charge in [0.15, 0.2) is 0 Å². The molecule has 0 aromatic heterocycles. The number of hydrogen-bond acceptors (Lipinski definition) is 1. The predicted octanol–water partition coefficient (Wildman–Crippen LogP) is 4.26. The van der Waals surface area contributed by atoms with Gasteiger partial charge < -0.3 is 5.11 Å². The van der Waals surface area contributed by atoms with Gasteiger partial charge in [-0.1, -0.05) is 24.3 Å². The summed E-state index contributed by atoms with van der Waals surface area (Å²) in [5.41, 5.74) is 1.73. The van der Waals surface area contributed by atoms with Gasteiger partial charge in [-0.05, 0) is 46.1 Å². The maximum Gasteiger partial charge on any atom is 0.335 e. The zero-order chi connectivity index (χ0) is 13.3. The summed E-state index contributed by atoms with van der Waals surface area (Å²) in [6, 6.07) is 9.80. The van der Waals surface area contributed by atoms with Crippen molar-refractivity contribution in [2.24, 2.45) is 0 Å². The summed E-state index contributed by atoms with van der Waals surface area (Å²) in [5.74, 6) is -1.40. The summed E-state index contributed by atoms with van der Waals surface area (Å²) < 4.78 is 14.4. The highest BCUT2D eigenvalue weighted by Gasteiger charge is 2.14. The molecule has 92 valence electrons. The minimum atomic E-state index is -1.01. The Morgan fingerprint density at radius 1 is 1.17 bits per heavy atom. The first kappa shape index (κ1) is 12.8. The molecule has 0 saturated heterocycles. The fourth-order valence-electron chi connectivity index (χ4n) is 1.87. The van der Waals surface area contributed by atoms with Gasteiger partial charge in [0.2, 0.25) is 0 Å². The number of carboxylic acid groups (broad SMARTS) is 1. The normalized spacial score (nSPS) is 10.4. The van der Waals surface area contributed by atoms with Gasteiger partial charge in [0.25, 0.3) is 0 Å². The highest BCUT2D eigenvalue weighted by Crippen LogP contribution is 2.31. The van der Waals surface area contributed by atoms with Gasteiger partial charge in [-0.3, -0.25) is 0 Å². The van der Waals surface area contributed by atoms with Gasteiger partial charge in [0, 0.05) is 5.56 Å². The molecule has 2 aromatic rings. The van der Waals surface area contributed by atoms with Crippen LogP contribution < -0.4 is 0 Å². The fourth-order valence-corrected chi connectivity index (χ4v) is 2.24. The molecule has 2 nitrogen and oxygen atoms in total. The molecule has 18 heavy (non-hydrogen) atoms. The third-order valence-corrected chi connectivity index (χ3v) is 3.42. The molecule has 1 N–H and O–H groups in total. The van der Waals surface area contributed by atoms with Gasteiger partial charge >= 0.3 is 5.97 Å². The molecule has 0 heterocycles. The Bertz CT molecular complexity index is 623. The lowest BCUT2D eigenvalue weighted by Gasteiger charge is -2.10. The van der Waals surface area contributed by atoms with E-state index in [4.69, 9.17) is 5.11 Å². The third-order valence-electron chi connectivity index (χ3n) is 2.81. The van der Waals surface area contributed by atoms with Crippen LogP contribution in [0.3, 0.4) is 0 Å². The van der Waals surface area contributed by atoms with Crippen molar-refractivity contribution in [3.05, 3.63) is 57.8 Å². The minimum absolute atomic E-state index is 0.187. The van der Waals surface area contributed by atoms with Crippen molar-refractivity contribution in [2.45, 2.75) is 6.92 Å². The molecule has 0 amide bonds. The first-order chi connectivity index (χ1) is 8.52. The quantitative estimate of drug-likeness (QED) is 0.900. The highest BCUT2D eigenvalue weighted by molar-refractivity contribution is 9.10. The third kappa shape index (κ3) is 2.16. The zero-order valence-corrected chi connectivity index (χ0v) is 11.2. The molecule has 0 unspecified atom stereocenters. The Hall–Kier alpha value is -1.68. The Kier molecular flexibility index (Phi) is 3.48.